The number of esters is 4. The Balaban J connectivity index is 3.87. The Hall–Kier alpha value is -1.80. The molecular weight excluding hydrogens is 512 g/mol. The minimum absolute atomic E-state index is 0.00740. The molecule has 2 N–H and O–H groups in total. The van der Waals surface area contributed by atoms with Gasteiger partial charge in [-0.25, -0.2) is 9.59 Å². The molecule has 0 aliphatic heterocycles. The zero-order valence-corrected chi connectivity index (χ0v) is 25.5. The van der Waals surface area contributed by atoms with Gasteiger partial charge in [-0.1, -0.05) is 142 Å². The van der Waals surface area contributed by atoms with Gasteiger partial charge in [0.25, 0.3) is 0 Å². The van der Waals surface area contributed by atoms with Crippen molar-refractivity contribution in [3.05, 3.63) is 0 Å². The number of carbonyl (C=O) groups excluding carboxylic acids is 4. The summed E-state index contributed by atoms with van der Waals surface area (Å²) in [4.78, 5) is 47.6. The maximum absolute atomic E-state index is 11.9. The number of hydrogen-bond donors (Lipinski definition) is 2. The molecule has 0 radical (unpaired) electrons. The molecule has 2 unspecified atom stereocenters. The molecule has 8 heteroatoms. The van der Waals surface area contributed by atoms with Gasteiger partial charge in [0.15, 0.2) is 12.2 Å². The maximum Gasteiger partial charge on any atom is 0.346 e. The van der Waals surface area contributed by atoms with Crippen LogP contribution >= 0.6 is 0 Å². The van der Waals surface area contributed by atoms with Crippen molar-refractivity contribution in [1.82, 2.24) is 0 Å². The molecule has 0 amide bonds. The average Bonchev–Trinajstić information content (AvgIpc) is 2.93. The summed E-state index contributed by atoms with van der Waals surface area (Å²) in [5.74, 6) is -4.52. The van der Waals surface area contributed by atoms with Gasteiger partial charge >= 0.3 is 23.9 Å². The number of hydrogen-bond acceptors (Lipinski definition) is 8. The predicted octanol–water partition coefficient (Wildman–Crippen LogP) is 7.25. The second kappa shape index (κ2) is 27.4. The van der Waals surface area contributed by atoms with Crippen molar-refractivity contribution in [3.63, 3.8) is 0 Å². The molecule has 0 saturated carbocycles. The molecule has 0 fully saturated rings. The van der Waals surface area contributed by atoms with Gasteiger partial charge in [-0.3, -0.25) is 9.59 Å². The lowest BCUT2D eigenvalue weighted by Crippen LogP contribution is -2.42. The SMILES string of the molecule is CCCCCCCCCCCCCC(=O)OC(=O)C(O)C(O)C(=O)OC(=O)CCCCCCCCCCCCC. The molecule has 8 nitrogen and oxygen atoms in total. The van der Waals surface area contributed by atoms with Crippen LogP contribution in [0.2, 0.25) is 0 Å². The second-order valence-corrected chi connectivity index (χ2v) is 11.0. The first-order valence-corrected chi connectivity index (χ1v) is 16.2. The van der Waals surface area contributed by atoms with Crippen LogP contribution in [0.1, 0.15) is 168 Å². The third kappa shape index (κ3) is 23.0. The third-order valence-corrected chi connectivity index (χ3v) is 7.18. The highest BCUT2D eigenvalue weighted by Crippen LogP contribution is 2.14. The van der Waals surface area contributed by atoms with E-state index < -0.39 is 36.1 Å². The van der Waals surface area contributed by atoms with E-state index in [-0.39, 0.29) is 12.8 Å². The van der Waals surface area contributed by atoms with E-state index in [1.165, 1.54) is 89.9 Å². The summed E-state index contributed by atoms with van der Waals surface area (Å²) in [5, 5.41) is 19.7. The number of aliphatic hydroxyl groups is 2. The minimum Gasteiger partial charge on any atom is -0.391 e. The maximum atomic E-state index is 11.9. The van der Waals surface area contributed by atoms with Crippen molar-refractivity contribution in [1.29, 1.82) is 0 Å². The normalized spacial score (nSPS) is 12.6. The number of ether oxygens (including phenoxy) is 2. The van der Waals surface area contributed by atoms with E-state index in [0.717, 1.165) is 38.5 Å². The zero-order valence-electron chi connectivity index (χ0n) is 25.5. The monoisotopic (exact) mass is 570 g/mol. The molecule has 40 heavy (non-hydrogen) atoms. The first-order valence-electron chi connectivity index (χ1n) is 16.2. The van der Waals surface area contributed by atoms with Gasteiger partial charge in [0.2, 0.25) is 0 Å². The summed E-state index contributed by atoms with van der Waals surface area (Å²) in [6.45, 7) is 4.41. The first kappa shape index (κ1) is 38.2. The van der Waals surface area contributed by atoms with E-state index in [1.54, 1.807) is 0 Å². The van der Waals surface area contributed by atoms with Crippen LogP contribution in [0.3, 0.4) is 0 Å². The molecule has 0 aliphatic carbocycles. The Kier molecular flexibility index (Phi) is 26.1. The summed E-state index contributed by atoms with van der Waals surface area (Å²) in [5.41, 5.74) is 0. The van der Waals surface area contributed by atoms with Gasteiger partial charge in [-0.05, 0) is 12.8 Å². The minimum atomic E-state index is -2.30. The van der Waals surface area contributed by atoms with Crippen molar-refractivity contribution in [3.8, 4) is 0 Å². The van der Waals surface area contributed by atoms with Gasteiger partial charge in [0.05, 0.1) is 0 Å². The highest BCUT2D eigenvalue weighted by atomic mass is 16.6. The summed E-state index contributed by atoms with van der Waals surface area (Å²) < 4.78 is 9.09. The standard InChI is InChI=1S/C32H58O8/c1-3-5-7-9-11-13-15-17-19-21-23-25-27(33)39-31(37)29(35)30(36)32(38)40-28(34)26-24-22-20-18-16-14-12-10-8-6-4-2/h29-30,35-36H,3-26H2,1-2H3. The van der Waals surface area contributed by atoms with Crippen molar-refractivity contribution in [2.24, 2.45) is 0 Å². The lowest BCUT2D eigenvalue weighted by atomic mass is 10.1. The number of rotatable bonds is 27. The molecule has 0 heterocycles. The predicted molar refractivity (Wildman–Crippen MR) is 156 cm³/mol. The van der Waals surface area contributed by atoms with Crippen LogP contribution in [0.15, 0.2) is 0 Å². The topological polar surface area (TPSA) is 127 Å². The Morgan fingerprint density at radius 2 is 0.650 bits per heavy atom. The van der Waals surface area contributed by atoms with Crippen molar-refractivity contribution < 1.29 is 38.9 Å². The van der Waals surface area contributed by atoms with E-state index in [1.807, 2.05) is 0 Å². The van der Waals surface area contributed by atoms with Crippen LogP contribution in [0.4, 0.5) is 0 Å². The quantitative estimate of drug-likeness (QED) is 0.0600. The highest BCUT2D eigenvalue weighted by molar-refractivity contribution is 5.94. The fraction of sp³-hybridized carbons (Fsp3) is 0.875. The molecule has 0 bridgehead atoms. The Labute approximate surface area is 243 Å². The van der Waals surface area contributed by atoms with Gasteiger partial charge in [0, 0.05) is 12.8 Å². The van der Waals surface area contributed by atoms with Crippen molar-refractivity contribution >= 4 is 23.9 Å². The third-order valence-electron chi connectivity index (χ3n) is 7.18. The van der Waals surface area contributed by atoms with E-state index in [0.29, 0.717) is 12.8 Å². The van der Waals surface area contributed by atoms with Crippen LogP contribution in [-0.4, -0.2) is 46.3 Å². The molecule has 0 aromatic carbocycles. The van der Waals surface area contributed by atoms with Crippen LogP contribution in [0.5, 0.6) is 0 Å². The van der Waals surface area contributed by atoms with Gasteiger partial charge < -0.3 is 19.7 Å². The zero-order chi connectivity index (χ0) is 29.8. The molecule has 234 valence electrons. The van der Waals surface area contributed by atoms with Crippen molar-refractivity contribution in [2.75, 3.05) is 0 Å². The molecule has 0 spiro atoms. The van der Waals surface area contributed by atoms with E-state index in [4.69, 9.17) is 0 Å². The largest absolute Gasteiger partial charge is 0.391 e. The summed E-state index contributed by atoms with van der Waals surface area (Å²) >= 11 is 0. The van der Waals surface area contributed by atoms with Crippen LogP contribution < -0.4 is 0 Å². The fourth-order valence-corrected chi connectivity index (χ4v) is 4.57. The Morgan fingerprint density at radius 1 is 0.425 bits per heavy atom. The number of unbranched alkanes of at least 4 members (excludes halogenated alkanes) is 20. The van der Waals surface area contributed by atoms with Gasteiger partial charge in [-0.2, -0.15) is 0 Å². The first-order chi connectivity index (χ1) is 19.3. The molecular formula is C32H58O8. The number of aliphatic hydroxyl groups excluding tert-OH is 2. The second-order valence-electron chi connectivity index (χ2n) is 11.0. The Morgan fingerprint density at radius 3 is 0.900 bits per heavy atom. The molecule has 0 aromatic rings. The molecule has 0 saturated heterocycles. The fourth-order valence-electron chi connectivity index (χ4n) is 4.57. The van der Waals surface area contributed by atoms with Crippen LogP contribution in [0, 0.1) is 0 Å². The summed E-state index contributed by atoms with van der Waals surface area (Å²) in [6.07, 6.45) is 20.0. The highest BCUT2D eigenvalue weighted by Gasteiger charge is 2.35. The molecule has 2 atom stereocenters. The van der Waals surface area contributed by atoms with Crippen molar-refractivity contribution in [2.45, 2.75) is 180 Å². The van der Waals surface area contributed by atoms with Gasteiger partial charge in [0.1, 0.15) is 0 Å². The van der Waals surface area contributed by atoms with E-state index >= 15 is 0 Å². The lowest BCUT2D eigenvalue weighted by Gasteiger charge is -2.14. The van der Waals surface area contributed by atoms with Gasteiger partial charge in [-0.15, -0.1) is 0 Å². The van der Waals surface area contributed by atoms with E-state index in [9.17, 15) is 29.4 Å². The lowest BCUT2D eigenvalue weighted by molar-refractivity contribution is -0.180. The average molecular weight is 571 g/mol. The molecule has 0 aromatic heterocycles. The summed E-state index contributed by atoms with van der Waals surface area (Å²) in [6, 6.07) is 0. The molecule has 0 aliphatic rings. The Bertz CT molecular complexity index is 607. The smallest absolute Gasteiger partial charge is 0.346 e. The van der Waals surface area contributed by atoms with Crippen LogP contribution in [-0.2, 0) is 28.7 Å². The van der Waals surface area contributed by atoms with Crippen LogP contribution in [0.25, 0.3) is 0 Å². The molecule has 0 rings (SSSR count). The summed E-state index contributed by atoms with van der Waals surface area (Å²) in [7, 11) is 0. The van der Waals surface area contributed by atoms with E-state index in [2.05, 4.69) is 23.3 Å². The number of carbonyl (C=O) groups is 4.